The van der Waals surface area contributed by atoms with Gasteiger partial charge in [0.05, 0.1) is 10.0 Å². The van der Waals surface area contributed by atoms with E-state index in [9.17, 15) is 0 Å². The van der Waals surface area contributed by atoms with Crippen molar-refractivity contribution < 1.29 is 0 Å². The lowest BCUT2D eigenvalue weighted by atomic mass is 10.2. The van der Waals surface area contributed by atoms with Gasteiger partial charge < -0.3 is 11.5 Å². The molecule has 5 nitrogen and oxygen atoms in total. The van der Waals surface area contributed by atoms with Gasteiger partial charge in [-0.1, -0.05) is 35.3 Å². The van der Waals surface area contributed by atoms with Crippen LogP contribution in [0, 0.1) is 11.3 Å². The molecule has 82 valence electrons. The van der Waals surface area contributed by atoms with Crippen molar-refractivity contribution in [3.05, 3.63) is 33.8 Å². The third-order valence-corrected chi connectivity index (χ3v) is 2.40. The maximum atomic E-state index is 8.87. The van der Waals surface area contributed by atoms with Gasteiger partial charge in [0.15, 0.2) is 5.71 Å². The van der Waals surface area contributed by atoms with Gasteiger partial charge in [-0.05, 0) is 6.07 Å². The van der Waals surface area contributed by atoms with Crippen LogP contribution in [0.25, 0.3) is 0 Å². The van der Waals surface area contributed by atoms with Gasteiger partial charge in [0.25, 0.3) is 0 Å². The summed E-state index contributed by atoms with van der Waals surface area (Å²) in [6.45, 7) is 0. The molecule has 0 radical (unpaired) electrons. The summed E-state index contributed by atoms with van der Waals surface area (Å²) in [5.74, 6) is -0.245. The Hall–Kier alpha value is -1.77. The normalized spacial score (nSPS) is 10.7. The number of halogens is 2. The van der Waals surface area contributed by atoms with Gasteiger partial charge in [-0.15, -0.1) is 10.2 Å². The van der Waals surface area contributed by atoms with E-state index in [1.807, 2.05) is 6.07 Å². The van der Waals surface area contributed by atoms with Gasteiger partial charge in [-0.2, -0.15) is 5.26 Å². The quantitative estimate of drug-likeness (QED) is 0.278. The molecule has 0 amide bonds. The van der Waals surface area contributed by atoms with E-state index in [2.05, 4.69) is 10.2 Å². The molecule has 0 aliphatic rings. The zero-order chi connectivity index (χ0) is 12.1. The van der Waals surface area contributed by atoms with Crippen LogP contribution < -0.4 is 11.5 Å². The van der Waals surface area contributed by atoms with Gasteiger partial charge >= 0.3 is 0 Å². The predicted molar refractivity (Wildman–Crippen MR) is 64.4 cm³/mol. The van der Waals surface area contributed by atoms with E-state index in [1.165, 1.54) is 0 Å². The van der Waals surface area contributed by atoms with Crippen LogP contribution in [-0.4, -0.2) is 11.7 Å². The Morgan fingerprint density at radius 3 is 2.50 bits per heavy atom. The lowest BCUT2D eigenvalue weighted by Gasteiger charge is -2.01. The summed E-state index contributed by atoms with van der Waals surface area (Å²) in [7, 11) is 0. The monoisotopic (exact) mass is 262 g/mol. The van der Waals surface area contributed by atoms with E-state index >= 15 is 0 Å². The Balaban J connectivity index is 3.26. The van der Waals surface area contributed by atoms with Gasteiger partial charge in [0, 0.05) is 5.56 Å². The highest BCUT2D eigenvalue weighted by Crippen LogP contribution is 2.25. The van der Waals surface area contributed by atoms with Crippen molar-refractivity contribution in [3.63, 3.8) is 0 Å². The van der Waals surface area contributed by atoms with Gasteiger partial charge in [0.1, 0.15) is 6.07 Å². The lowest BCUT2D eigenvalue weighted by Crippen LogP contribution is -2.22. The molecule has 0 saturated carbocycles. The zero-order valence-electron chi connectivity index (χ0n) is 7.98. The zero-order valence-corrected chi connectivity index (χ0v) is 9.50. The molecule has 0 heterocycles. The van der Waals surface area contributed by atoms with Crippen LogP contribution in [0.5, 0.6) is 0 Å². The molecular formula is C9H7Cl2N5. The molecule has 7 heteroatoms. The lowest BCUT2D eigenvalue weighted by molar-refractivity contribution is 1.20. The molecule has 0 saturated heterocycles. The van der Waals surface area contributed by atoms with E-state index in [1.54, 1.807) is 18.2 Å². The largest absolute Gasteiger partial charge is 0.369 e. The van der Waals surface area contributed by atoms with E-state index in [-0.39, 0.29) is 16.7 Å². The SMILES string of the molecule is [15N]#[13C]/C(=[15N]\[15N]=[13C]([15NH2])[15NH2])c1cccc(Cl)c1Cl. The molecule has 0 unspecified atom stereocenters. The molecule has 0 aliphatic carbocycles. The summed E-state index contributed by atoms with van der Waals surface area (Å²) >= 11 is 11.7. The fraction of sp³-hybridized carbons (Fsp3) is 0. The van der Waals surface area contributed by atoms with Crippen molar-refractivity contribution in [1.82, 2.24) is 0 Å². The number of benzene rings is 1. The highest BCUT2D eigenvalue weighted by atomic mass is 35.5. The van der Waals surface area contributed by atoms with Crippen molar-refractivity contribution in [2.24, 2.45) is 21.7 Å². The summed E-state index contributed by atoms with van der Waals surface area (Å²) in [5, 5.41) is 16.4. The average Bonchev–Trinajstić information content (AvgIpc) is 2.24. The van der Waals surface area contributed by atoms with Crippen molar-refractivity contribution in [1.29, 1.82) is 5.26 Å². The second-order valence-electron chi connectivity index (χ2n) is 2.69. The van der Waals surface area contributed by atoms with Crippen LogP contribution in [0.4, 0.5) is 0 Å². The Labute approximate surface area is 102 Å². The topological polar surface area (TPSA) is 101 Å². The summed E-state index contributed by atoms with van der Waals surface area (Å²) in [6.07, 6.45) is 0. The first-order chi connectivity index (χ1) is 7.56. The van der Waals surface area contributed by atoms with Gasteiger partial charge in [-0.3, -0.25) is 0 Å². The molecule has 1 aromatic carbocycles. The predicted octanol–water partition coefficient (Wildman–Crippen LogP) is 1.49. The first-order valence-electron chi connectivity index (χ1n) is 4.07. The molecule has 1 aromatic rings. The summed E-state index contributed by atoms with van der Waals surface area (Å²) in [4.78, 5) is 0. The number of hydrogen-bond acceptors (Lipinski definition) is 3. The van der Waals surface area contributed by atoms with Crippen molar-refractivity contribution in [2.45, 2.75) is 0 Å². The minimum absolute atomic E-state index is 0.0131. The van der Waals surface area contributed by atoms with Crippen LogP contribution >= 0.6 is 23.2 Å². The molecule has 16 heavy (non-hydrogen) atoms. The third kappa shape index (κ3) is 2.86. The van der Waals surface area contributed by atoms with Crippen LogP contribution in [0.3, 0.4) is 0 Å². The average molecular weight is 263 g/mol. The van der Waals surface area contributed by atoms with E-state index in [4.69, 9.17) is 39.9 Å². The molecule has 4 N–H and O–H groups in total. The number of rotatable bonds is 2. The number of nitrogens with zero attached hydrogens (tertiary/aromatic N) is 3. The van der Waals surface area contributed by atoms with Crippen LogP contribution in [0.2, 0.25) is 10.0 Å². The van der Waals surface area contributed by atoms with Crippen molar-refractivity contribution in [3.8, 4) is 6.07 Å². The Morgan fingerprint density at radius 2 is 1.94 bits per heavy atom. The second kappa shape index (κ2) is 5.35. The first-order valence-corrected chi connectivity index (χ1v) is 4.83. The Morgan fingerprint density at radius 1 is 1.25 bits per heavy atom. The maximum Gasteiger partial charge on any atom is 0.211 e. The molecule has 1 rings (SSSR count). The summed E-state index contributed by atoms with van der Waals surface area (Å²) < 4.78 is 0. The third-order valence-electron chi connectivity index (χ3n) is 1.58. The van der Waals surface area contributed by atoms with Gasteiger partial charge in [-0.25, -0.2) is 0 Å². The second-order valence-corrected chi connectivity index (χ2v) is 3.47. The van der Waals surface area contributed by atoms with Crippen molar-refractivity contribution >= 4 is 34.9 Å². The number of nitriles is 1. The maximum absolute atomic E-state index is 8.87. The van der Waals surface area contributed by atoms with E-state index < -0.39 is 0 Å². The molecular weight excluding hydrogens is 256 g/mol. The smallest absolute Gasteiger partial charge is 0.211 e. The highest BCUT2D eigenvalue weighted by molar-refractivity contribution is 6.44. The molecule has 0 fully saturated rings. The molecule has 0 atom stereocenters. The van der Waals surface area contributed by atoms with E-state index in [0.717, 1.165) is 0 Å². The molecule has 0 aliphatic heterocycles. The molecule has 0 aromatic heterocycles. The van der Waals surface area contributed by atoms with E-state index in [0.29, 0.717) is 10.6 Å². The molecule has 0 spiro atoms. The van der Waals surface area contributed by atoms with Gasteiger partial charge in [0.2, 0.25) is 5.96 Å². The Bertz CT molecular complexity index is 497. The van der Waals surface area contributed by atoms with Crippen LogP contribution in [0.1, 0.15) is 5.56 Å². The fourth-order valence-corrected chi connectivity index (χ4v) is 1.32. The molecule has 0 bridgehead atoms. The number of nitrogens with two attached hydrogens (primary N) is 2. The number of guanidine groups is 1. The van der Waals surface area contributed by atoms with Crippen molar-refractivity contribution in [2.75, 3.05) is 0 Å². The first kappa shape index (κ1) is 12.3. The fourth-order valence-electron chi connectivity index (χ4n) is 0.931. The number of hydrogen-bond donors (Lipinski definition) is 2. The van der Waals surface area contributed by atoms with Crippen LogP contribution in [-0.2, 0) is 0 Å². The Kier molecular flexibility index (Phi) is 4.11. The minimum atomic E-state index is -0.245. The summed E-state index contributed by atoms with van der Waals surface area (Å²) in [6, 6.07) is 6.67. The summed E-state index contributed by atoms with van der Waals surface area (Å²) in [5.41, 5.74) is 10.6. The highest BCUT2D eigenvalue weighted by Gasteiger charge is 2.10. The van der Waals surface area contributed by atoms with Crippen LogP contribution in [0.15, 0.2) is 28.4 Å². The minimum Gasteiger partial charge on any atom is -0.369 e. The standard InChI is InChI=1S/C9H7Cl2N5/c10-6-3-1-2-5(8(6)11)7(4-12)15-16-9(13)14/h1-3H,(H4,13,14,16)/b15-7+/i4+1,9+1,12+1,13+1,14+1,15+1,16+1.